The number of H-pyrrole nitrogens is 1. The Labute approximate surface area is 107 Å². The number of hydrogen-bond donors (Lipinski definition) is 2. The molecule has 1 saturated carbocycles. The van der Waals surface area contributed by atoms with Gasteiger partial charge in [-0.05, 0) is 12.8 Å². The topological polar surface area (TPSA) is 78.9 Å². The van der Waals surface area contributed by atoms with Gasteiger partial charge in [-0.2, -0.15) is 5.10 Å². The summed E-state index contributed by atoms with van der Waals surface area (Å²) in [7, 11) is 0. The summed E-state index contributed by atoms with van der Waals surface area (Å²) < 4.78 is 0. The zero-order valence-corrected chi connectivity index (χ0v) is 11.1. The fourth-order valence-corrected chi connectivity index (χ4v) is 2.66. The largest absolute Gasteiger partial charge is 0.481 e. The average Bonchev–Trinajstić information content (AvgIpc) is 2.78. The Morgan fingerprint density at radius 2 is 2.06 bits per heavy atom. The standard InChI is InChI=1S/C13H21N3O2/c1-9(2)11-14-10(15-16-11)8-13(12(17)18)6-4-3-5-7-13/h9H,3-8H2,1-2H3,(H,17,18)(H,14,15,16). The van der Waals surface area contributed by atoms with Gasteiger partial charge < -0.3 is 5.11 Å². The van der Waals surface area contributed by atoms with Crippen LogP contribution in [0.3, 0.4) is 0 Å². The first-order valence-corrected chi connectivity index (χ1v) is 6.68. The zero-order valence-electron chi connectivity index (χ0n) is 11.1. The number of nitrogens with zero attached hydrogens (tertiary/aromatic N) is 2. The lowest BCUT2D eigenvalue weighted by Crippen LogP contribution is -2.35. The van der Waals surface area contributed by atoms with E-state index in [2.05, 4.69) is 15.2 Å². The third-order valence-corrected chi connectivity index (χ3v) is 3.84. The van der Waals surface area contributed by atoms with E-state index in [9.17, 15) is 9.90 Å². The van der Waals surface area contributed by atoms with Crippen molar-refractivity contribution in [3.63, 3.8) is 0 Å². The second-order valence-corrected chi connectivity index (χ2v) is 5.62. The Balaban J connectivity index is 2.15. The van der Waals surface area contributed by atoms with Crippen LogP contribution >= 0.6 is 0 Å². The summed E-state index contributed by atoms with van der Waals surface area (Å²) in [6, 6.07) is 0. The van der Waals surface area contributed by atoms with Crippen LogP contribution in [-0.4, -0.2) is 26.3 Å². The van der Waals surface area contributed by atoms with E-state index in [0.717, 1.165) is 37.9 Å². The van der Waals surface area contributed by atoms with Crippen molar-refractivity contribution in [3.05, 3.63) is 11.6 Å². The summed E-state index contributed by atoms with van der Waals surface area (Å²) in [5.74, 6) is 1.05. The molecule has 2 rings (SSSR count). The van der Waals surface area contributed by atoms with Gasteiger partial charge in [0.25, 0.3) is 0 Å². The highest BCUT2D eigenvalue weighted by Gasteiger charge is 2.40. The van der Waals surface area contributed by atoms with E-state index >= 15 is 0 Å². The first-order valence-electron chi connectivity index (χ1n) is 6.68. The molecule has 1 heterocycles. The van der Waals surface area contributed by atoms with Gasteiger partial charge in [0.2, 0.25) is 0 Å². The van der Waals surface area contributed by atoms with Gasteiger partial charge in [-0.1, -0.05) is 33.1 Å². The lowest BCUT2D eigenvalue weighted by molar-refractivity contribution is -0.151. The summed E-state index contributed by atoms with van der Waals surface area (Å²) in [5, 5.41) is 16.5. The van der Waals surface area contributed by atoms with Gasteiger partial charge in [0.15, 0.2) is 5.82 Å². The van der Waals surface area contributed by atoms with Crippen molar-refractivity contribution in [2.75, 3.05) is 0 Å². The highest BCUT2D eigenvalue weighted by Crippen LogP contribution is 2.39. The summed E-state index contributed by atoms with van der Waals surface area (Å²) in [6.07, 6.45) is 5.11. The Morgan fingerprint density at radius 3 is 2.56 bits per heavy atom. The molecular weight excluding hydrogens is 230 g/mol. The summed E-state index contributed by atoms with van der Waals surface area (Å²) in [6.45, 7) is 4.06. The second-order valence-electron chi connectivity index (χ2n) is 5.62. The van der Waals surface area contributed by atoms with Gasteiger partial charge >= 0.3 is 5.97 Å². The van der Waals surface area contributed by atoms with E-state index in [-0.39, 0.29) is 5.92 Å². The molecule has 5 nitrogen and oxygen atoms in total. The lowest BCUT2D eigenvalue weighted by Gasteiger charge is -2.32. The van der Waals surface area contributed by atoms with E-state index in [4.69, 9.17) is 0 Å². The van der Waals surface area contributed by atoms with Gasteiger partial charge in [-0.15, -0.1) is 0 Å². The van der Waals surface area contributed by atoms with Crippen molar-refractivity contribution in [2.45, 2.75) is 58.3 Å². The molecular formula is C13H21N3O2. The molecule has 1 aliphatic rings. The van der Waals surface area contributed by atoms with Gasteiger partial charge in [0, 0.05) is 12.3 Å². The van der Waals surface area contributed by atoms with Gasteiger partial charge in [-0.25, -0.2) is 4.98 Å². The first kappa shape index (κ1) is 13.1. The number of carboxylic acid groups (broad SMARTS) is 1. The Morgan fingerprint density at radius 1 is 1.39 bits per heavy atom. The zero-order chi connectivity index (χ0) is 13.2. The van der Waals surface area contributed by atoms with Crippen molar-refractivity contribution >= 4 is 5.97 Å². The molecule has 2 N–H and O–H groups in total. The maximum atomic E-state index is 11.6. The number of aromatic amines is 1. The molecule has 0 atom stereocenters. The van der Waals surface area contributed by atoms with Crippen molar-refractivity contribution in [1.82, 2.24) is 15.2 Å². The van der Waals surface area contributed by atoms with Crippen LogP contribution in [0.15, 0.2) is 0 Å². The number of carboxylic acids is 1. The molecule has 0 radical (unpaired) electrons. The molecule has 0 unspecified atom stereocenters. The average molecular weight is 251 g/mol. The molecule has 0 bridgehead atoms. The first-order chi connectivity index (χ1) is 8.53. The molecule has 0 amide bonds. The second kappa shape index (κ2) is 5.08. The third kappa shape index (κ3) is 2.54. The Bertz CT molecular complexity index is 420. The molecule has 18 heavy (non-hydrogen) atoms. The molecule has 1 aliphatic carbocycles. The molecule has 5 heteroatoms. The molecule has 0 aliphatic heterocycles. The van der Waals surface area contributed by atoms with E-state index in [0.29, 0.717) is 12.2 Å². The summed E-state index contributed by atoms with van der Waals surface area (Å²) in [4.78, 5) is 16.0. The van der Waals surface area contributed by atoms with Crippen LogP contribution in [0.5, 0.6) is 0 Å². The maximum absolute atomic E-state index is 11.6. The molecule has 100 valence electrons. The summed E-state index contributed by atoms with van der Waals surface area (Å²) >= 11 is 0. The minimum Gasteiger partial charge on any atom is -0.481 e. The van der Waals surface area contributed by atoms with Crippen molar-refractivity contribution in [2.24, 2.45) is 5.41 Å². The quantitative estimate of drug-likeness (QED) is 0.861. The monoisotopic (exact) mass is 251 g/mol. The number of aromatic nitrogens is 3. The van der Waals surface area contributed by atoms with Crippen LogP contribution in [0.4, 0.5) is 0 Å². The van der Waals surface area contributed by atoms with Crippen molar-refractivity contribution in [1.29, 1.82) is 0 Å². The maximum Gasteiger partial charge on any atom is 0.310 e. The van der Waals surface area contributed by atoms with E-state index in [1.807, 2.05) is 13.8 Å². The number of hydrogen-bond acceptors (Lipinski definition) is 3. The molecule has 1 aromatic heterocycles. The Kier molecular flexibility index (Phi) is 3.68. The van der Waals surface area contributed by atoms with Gasteiger partial charge in [0.05, 0.1) is 5.41 Å². The highest BCUT2D eigenvalue weighted by atomic mass is 16.4. The molecule has 1 aromatic rings. The number of aliphatic carboxylic acids is 1. The number of rotatable bonds is 4. The van der Waals surface area contributed by atoms with Gasteiger partial charge in [-0.3, -0.25) is 9.89 Å². The fraction of sp³-hybridized carbons (Fsp3) is 0.769. The van der Waals surface area contributed by atoms with Crippen LogP contribution in [0.2, 0.25) is 0 Å². The Hall–Kier alpha value is -1.39. The molecule has 0 spiro atoms. The van der Waals surface area contributed by atoms with E-state index in [1.165, 1.54) is 0 Å². The molecule has 0 aromatic carbocycles. The fourth-order valence-electron chi connectivity index (χ4n) is 2.66. The lowest BCUT2D eigenvalue weighted by atomic mass is 9.72. The predicted octanol–water partition coefficient (Wildman–Crippen LogP) is 2.51. The van der Waals surface area contributed by atoms with Crippen LogP contribution in [-0.2, 0) is 11.2 Å². The smallest absolute Gasteiger partial charge is 0.310 e. The van der Waals surface area contributed by atoms with Crippen LogP contribution in [0.1, 0.15) is 63.5 Å². The SMILES string of the molecule is CC(C)c1n[nH]c(CC2(C(=O)O)CCCCC2)n1. The number of nitrogens with one attached hydrogen (secondary N) is 1. The van der Waals surface area contributed by atoms with Crippen molar-refractivity contribution < 1.29 is 9.90 Å². The normalized spacial score (nSPS) is 19.1. The minimum absolute atomic E-state index is 0.266. The van der Waals surface area contributed by atoms with Gasteiger partial charge in [0.1, 0.15) is 5.82 Å². The third-order valence-electron chi connectivity index (χ3n) is 3.84. The minimum atomic E-state index is -0.690. The van der Waals surface area contributed by atoms with E-state index in [1.54, 1.807) is 0 Å². The predicted molar refractivity (Wildman–Crippen MR) is 67.3 cm³/mol. The highest BCUT2D eigenvalue weighted by molar-refractivity contribution is 5.75. The van der Waals surface area contributed by atoms with E-state index < -0.39 is 11.4 Å². The van der Waals surface area contributed by atoms with Crippen LogP contribution in [0, 0.1) is 5.41 Å². The molecule has 1 fully saturated rings. The van der Waals surface area contributed by atoms with Crippen LogP contribution in [0.25, 0.3) is 0 Å². The van der Waals surface area contributed by atoms with Crippen molar-refractivity contribution in [3.8, 4) is 0 Å². The summed E-state index contributed by atoms with van der Waals surface area (Å²) in [5.41, 5.74) is -0.633. The molecule has 0 saturated heterocycles. The van der Waals surface area contributed by atoms with Crippen LogP contribution < -0.4 is 0 Å². The number of carbonyl (C=O) groups is 1.